The minimum atomic E-state index is -5.87. The average molecular weight is 392 g/mol. The van der Waals surface area contributed by atoms with Crippen LogP contribution in [0.25, 0.3) is 22.0 Å². The molecule has 0 unspecified atom stereocenters. The summed E-state index contributed by atoms with van der Waals surface area (Å²) in [4.78, 5) is 4.16. The van der Waals surface area contributed by atoms with E-state index < -0.39 is 21.4 Å². The van der Waals surface area contributed by atoms with Crippen molar-refractivity contribution in [1.29, 1.82) is 5.26 Å². The van der Waals surface area contributed by atoms with Crippen molar-refractivity contribution in [2.75, 3.05) is 0 Å². The molecule has 9 heteroatoms. The zero-order valence-electron chi connectivity index (χ0n) is 13.8. The van der Waals surface area contributed by atoms with E-state index in [9.17, 15) is 26.9 Å². The lowest BCUT2D eigenvalue weighted by atomic mass is 9.99. The average Bonchev–Trinajstić information content (AvgIpc) is 2.60. The second-order valence-corrected chi connectivity index (χ2v) is 7.18. The zero-order chi connectivity index (χ0) is 19.8. The minimum absolute atomic E-state index is 0.00803. The Kier molecular flexibility index (Phi) is 4.53. The molecule has 0 atom stereocenters. The van der Waals surface area contributed by atoms with E-state index in [0.29, 0.717) is 11.1 Å². The number of nitriles is 1. The zero-order valence-corrected chi connectivity index (χ0v) is 14.6. The Morgan fingerprint density at radius 1 is 1.07 bits per heavy atom. The van der Waals surface area contributed by atoms with Crippen LogP contribution < -0.4 is 4.18 Å². The van der Waals surface area contributed by atoms with Gasteiger partial charge in [0.25, 0.3) is 0 Å². The van der Waals surface area contributed by atoms with Crippen LogP contribution in [0, 0.1) is 18.3 Å². The summed E-state index contributed by atoms with van der Waals surface area (Å²) in [6, 6.07) is 14.8. The number of fused-ring (bicyclic) bond motifs is 1. The Morgan fingerprint density at radius 3 is 2.33 bits per heavy atom. The maximum Gasteiger partial charge on any atom is 0.534 e. The first kappa shape index (κ1) is 18.7. The number of aryl methyl sites for hydroxylation is 1. The van der Waals surface area contributed by atoms with Gasteiger partial charge in [0, 0.05) is 17.1 Å². The van der Waals surface area contributed by atoms with Gasteiger partial charge in [0.2, 0.25) is 0 Å². The SMILES string of the molecule is Cc1cc(OS(=O)(=O)C(F)(F)F)c2cc(-c3ccccc3)cc(C#N)c2n1. The third kappa shape index (κ3) is 3.57. The van der Waals surface area contributed by atoms with Crippen molar-refractivity contribution in [2.45, 2.75) is 12.4 Å². The fourth-order valence-electron chi connectivity index (χ4n) is 2.54. The molecule has 0 spiro atoms. The van der Waals surface area contributed by atoms with Gasteiger partial charge in [-0.1, -0.05) is 30.3 Å². The number of alkyl halides is 3. The molecule has 0 aliphatic carbocycles. The molecule has 0 fully saturated rings. The van der Waals surface area contributed by atoms with E-state index >= 15 is 0 Å². The molecule has 3 aromatic rings. The Balaban J connectivity index is 2.30. The van der Waals surface area contributed by atoms with Crippen molar-refractivity contribution in [2.24, 2.45) is 0 Å². The first-order chi connectivity index (χ1) is 12.6. The molecule has 0 N–H and O–H groups in total. The van der Waals surface area contributed by atoms with Crippen LogP contribution in [0.3, 0.4) is 0 Å². The molecule has 1 aromatic heterocycles. The number of aromatic nitrogens is 1. The molecule has 138 valence electrons. The summed E-state index contributed by atoms with van der Waals surface area (Å²) in [6.07, 6.45) is 0. The fraction of sp³-hybridized carbons (Fsp3) is 0.111. The van der Waals surface area contributed by atoms with E-state index in [1.807, 2.05) is 6.07 Å². The number of benzene rings is 2. The van der Waals surface area contributed by atoms with E-state index in [1.54, 1.807) is 30.3 Å². The fourth-order valence-corrected chi connectivity index (χ4v) is 3.00. The molecule has 2 aromatic carbocycles. The van der Waals surface area contributed by atoms with Gasteiger partial charge in [-0.15, -0.1) is 0 Å². The van der Waals surface area contributed by atoms with Gasteiger partial charge in [0.15, 0.2) is 5.75 Å². The summed E-state index contributed by atoms with van der Waals surface area (Å²) in [5.74, 6) is -0.538. The molecule has 0 aliphatic heterocycles. The molecule has 3 rings (SSSR count). The largest absolute Gasteiger partial charge is 0.534 e. The molecule has 0 saturated carbocycles. The highest BCUT2D eigenvalue weighted by molar-refractivity contribution is 7.88. The van der Waals surface area contributed by atoms with Gasteiger partial charge in [-0.25, -0.2) is 0 Å². The molecule has 27 heavy (non-hydrogen) atoms. The molecule has 0 bridgehead atoms. The standard InChI is InChI=1S/C18H11F3N2O3S/c1-11-7-16(26-27(24,25)18(19,20)21)15-9-13(12-5-3-2-4-6-12)8-14(10-22)17(15)23-11/h2-9H,1H3. The van der Waals surface area contributed by atoms with Crippen molar-refractivity contribution in [3.05, 3.63) is 59.8 Å². The van der Waals surface area contributed by atoms with E-state index in [2.05, 4.69) is 9.17 Å². The predicted molar refractivity (Wildman–Crippen MR) is 92.2 cm³/mol. The van der Waals surface area contributed by atoms with Gasteiger partial charge in [-0.3, -0.25) is 4.98 Å². The van der Waals surface area contributed by atoms with Gasteiger partial charge < -0.3 is 4.18 Å². The van der Waals surface area contributed by atoms with Crippen LogP contribution in [0.5, 0.6) is 5.75 Å². The van der Waals surface area contributed by atoms with Crippen LogP contribution in [0.1, 0.15) is 11.3 Å². The number of hydrogen-bond acceptors (Lipinski definition) is 5. The predicted octanol–water partition coefficient (Wildman–Crippen LogP) is 4.31. The summed E-state index contributed by atoms with van der Waals surface area (Å²) >= 11 is 0. The normalized spacial score (nSPS) is 12.0. The van der Waals surface area contributed by atoms with Gasteiger partial charge in [-0.2, -0.15) is 26.9 Å². The van der Waals surface area contributed by atoms with Gasteiger partial charge >= 0.3 is 15.6 Å². The van der Waals surface area contributed by atoms with E-state index in [0.717, 1.165) is 6.07 Å². The van der Waals surface area contributed by atoms with Gasteiger partial charge in [0.1, 0.15) is 6.07 Å². The highest BCUT2D eigenvalue weighted by Crippen LogP contribution is 2.35. The Bertz CT molecular complexity index is 1170. The molecule has 1 heterocycles. The summed E-state index contributed by atoms with van der Waals surface area (Å²) < 4.78 is 65.4. The summed E-state index contributed by atoms with van der Waals surface area (Å²) in [7, 11) is -5.87. The highest BCUT2D eigenvalue weighted by Gasteiger charge is 2.48. The molecular weight excluding hydrogens is 381 g/mol. The maximum absolute atomic E-state index is 12.7. The second kappa shape index (κ2) is 6.55. The van der Waals surface area contributed by atoms with E-state index in [1.165, 1.54) is 19.1 Å². The smallest absolute Gasteiger partial charge is 0.375 e. The second-order valence-electron chi connectivity index (χ2n) is 5.64. The Hall–Kier alpha value is -3.12. The lowest BCUT2D eigenvalue weighted by Gasteiger charge is -2.13. The quantitative estimate of drug-likeness (QED) is 0.490. The lowest BCUT2D eigenvalue weighted by molar-refractivity contribution is -0.0499. The van der Waals surface area contributed by atoms with Gasteiger partial charge in [-0.05, 0) is 30.2 Å². The van der Waals surface area contributed by atoms with E-state index in [4.69, 9.17) is 0 Å². The summed E-state index contributed by atoms with van der Waals surface area (Å²) in [5.41, 5.74) is -4.01. The monoisotopic (exact) mass is 392 g/mol. The number of rotatable bonds is 3. The number of nitrogens with zero attached hydrogens (tertiary/aromatic N) is 2. The van der Waals surface area contributed by atoms with Crippen molar-refractivity contribution < 1.29 is 25.8 Å². The van der Waals surface area contributed by atoms with Crippen LogP contribution >= 0.6 is 0 Å². The number of hydrogen-bond donors (Lipinski definition) is 0. The van der Waals surface area contributed by atoms with Crippen LogP contribution in [0.2, 0.25) is 0 Å². The molecule has 0 saturated heterocycles. The molecular formula is C18H11F3N2O3S. The third-order valence-corrected chi connectivity index (χ3v) is 4.68. The summed E-state index contributed by atoms with van der Waals surface area (Å²) in [5, 5.41) is 9.41. The van der Waals surface area contributed by atoms with E-state index in [-0.39, 0.29) is 22.2 Å². The Morgan fingerprint density at radius 2 is 1.74 bits per heavy atom. The molecule has 0 radical (unpaired) electrons. The van der Waals surface area contributed by atoms with Crippen LogP contribution in [-0.2, 0) is 10.1 Å². The summed E-state index contributed by atoms with van der Waals surface area (Å²) in [6.45, 7) is 1.46. The van der Waals surface area contributed by atoms with Crippen molar-refractivity contribution in [3.8, 4) is 22.9 Å². The van der Waals surface area contributed by atoms with Crippen LogP contribution in [-0.4, -0.2) is 18.9 Å². The van der Waals surface area contributed by atoms with Crippen molar-refractivity contribution in [3.63, 3.8) is 0 Å². The lowest BCUT2D eigenvalue weighted by Crippen LogP contribution is -2.28. The van der Waals surface area contributed by atoms with Crippen LogP contribution in [0.15, 0.2) is 48.5 Å². The maximum atomic E-state index is 12.7. The minimum Gasteiger partial charge on any atom is -0.375 e. The van der Waals surface area contributed by atoms with Crippen molar-refractivity contribution in [1.82, 2.24) is 4.98 Å². The Labute approximate surface area is 152 Å². The number of halogens is 3. The van der Waals surface area contributed by atoms with Gasteiger partial charge in [0.05, 0.1) is 11.1 Å². The molecule has 0 amide bonds. The molecule has 0 aliphatic rings. The first-order valence-electron chi connectivity index (χ1n) is 7.54. The third-order valence-electron chi connectivity index (χ3n) is 3.71. The van der Waals surface area contributed by atoms with Crippen LogP contribution in [0.4, 0.5) is 13.2 Å². The molecule has 5 nitrogen and oxygen atoms in total. The number of pyridine rings is 1. The highest BCUT2D eigenvalue weighted by atomic mass is 32.2. The topological polar surface area (TPSA) is 80.0 Å². The van der Waals surface area contributed by atoms with Crippen molar-refractivity contribution >= 4 is 21.0 Å². The first-order valence-corrected chi connectivity index (χ1v) is 8.95.